The Labute approximate surface area is 125 Å². The van der Waals surface area contributed by atoms with Crippen molar-refractivity contribution in [3.05, 3.63) is 29.8 Å². The van der Waals surface area contributed by atoms with Crippen LogP contribution in [0, 0.1) is 5.92 Å². The van der Waals surface area contributed by atoms with Crippen molar-refractivity contribution in [2.24, 2.45) is 5.92 Å². The molecular weight excluding hydrogens is 270 g/mol. The molecule has 1 unspecified atom stereocenters. The average Bonchev–Trinajstić information content (AvgIpc) is 2.47. The Balaban J connectivity index is 2.29. The normalized spacial score (nSPS) is 17.8. The van der Waals surface area contributed by atoms with Gasteiger partial charge in [0.1, 0.15) is 5.92 Å². The molecule has 20 heavy (non-hydrogen) atoms. The minimum atomic E-state index is -0.322. The summed E-state index contributed by atoms with van der Waals surface area (Å²) < 4.78 is 5.17. The Kier molecular flexibility index (Phi) is 5.12. The summed E-state index contributed by atoms with van der Waals surface area (Å²) in [6.45, 7) is 5.98. The van der Waals surface area contributed by atoms with E-state index in [-0.39, 0.29) is 11.9 Å². The van der Waals surface area contributed by atoms with Gasteiger partial charge in [-0.1, -0.05) is 43.8 Å². The van der Waals surface area contributed by atoms with Gasteiger partial charge in [-0.25, -0.2) is 0 Å². The lowest BCUT2D eigenvalue weighted by molar-refractivity contribution is -0.145. The summed E-state index contributed by atoms with van der Waals surface area (Å²) in [6, 6.07) is 8.07. The zero-order chi connectivity index (χ0) is 14.5. The van der Waals surface area contributed by atoms with Gasteiger partial charge in [-0.15, -0.1) is 0 Å². The highest BCUT2D eigenvalue weighted by Gasteiger charge is 2.34. The topological polar surface area (TPSA) is 29.5 Å². The first kappa shape index (κ1) is 15.0. The molecule has 0 saturated heterocycles. The third kappa shape index (κ3) is 3.01. The Morgan fingerprint density at radius 1 is 1.40 bits per heavy atom. The Morgan fingerprint density at radius 3 is 2.85 bits per heavy atom. The molecule has 0 N–H and O–H groups in total. The first-order valence-electron chi connectivity index (χ1n) is 7.23. The van der Waals surface area contributed by atoms with Crippen molar-refractivity contribution in [2.75, 3.05) is 24.6 Å². The molecule has 0 fully saturated rings. The highest BCUT2D eigenvalue weighted by molar-refractivity contribution is 7.81. The van der Waals surface area contributed by atoms with E-state index in [1.807, 2.05) is 25.1 Å². The van der Waals surface area contributed by atoms with Crippen LogP contribution in [0.3, 0.4) is 0 Å². The number of ether oxygens (including phenoxy) is 1. The van der Waals surface area contributed by atoms with Crippen LogP contribution < -0.4 is 4.90 Å². The SMILES string of the molecule is CCCCN1CC(C(=O)OCC)C(=S)c2ccccc21. The molecule has 0 aromatic heterocycles. The van der Waals surface area contributed by atoms with Crippen LogP contribution in [0.5, 0.6) is 0 Å². The van der Waals surface area contributed by atoms with E-state index in [1.165, 1.54) is 0 Å². The summed E-state index contributed by atoms with van der Waals surface area (Å²) in [5, 5.41) is 0. The van der Waals surface area contributed by atoms with Gasteiger partial charge in [-0.05, 0) is 19.4 Å². The summed E-state index contributed by atoms with van der Waals surface area (Å²) in [4.78, 5) is 15.1. The van der Waals surface area contributed by atoms with Gasteiger partial charge in [0, 0.05) is 29.2 Å². The number of anilines is 1. The molecule has 1 atom stereocenters. The molecule has 1 aliphatic rings. The molecule has 1 aromatic rings. The van der Waals surface area contributed by atoms with E-state index in [2.05, 4.69) is 17.9 Å². The lowest BCUT2D eigenvalue weighted by atomic mass is 9.92. The predicted molar refractivity (Wildman–Crippen MR) is 85.4 cm³/mol. The van der Waals surface area contributed by atoms with E-state index in [9.17, 15) is 4.79 Å². The largest absolute Gasteiger partial charge is 0.465 e. The Bertz CT molecular complexity index is 501. The highest BCUT2D eigenvalue weighted by Crippen LogP contribution is 2.31. The second kappa shape index (κ2) is 6.84. The van der Waals surface area contributed by atoms with Crippen LogP contribution in [0.15, 0.2) is 24.3 Å². The first-order valence-corrected chi connectivity index (χ1v) is 7.64. The lowest BCUT2D eigenvalue weighted by Gasteiger charge is -2.35. The predicted octanol–water partition coefficient (Wildman–Crippen LogP) is 3.20. The number of thiocarbonyl (C=S) groups is 1. The van der Waals surface area contributed by atoms with E-state index in [1.54, 1.807) is 0 Å². The molecule has 2 rings (SSSR count). The molecule has 0 spiro atoms. The smallest absolute Gasteiger partial charge is 0.316 e. The highest BCUT2D eigenvalue weighted by atomic mass is 32.1. The fraction of sp³-hybridized carbons (Fsp3) is 0.500. The first-order chi connectivity index (χ1) is 9.69. The molecule has 0 saturated carbocycles. The number of benzene rings is 1. The Hall–Kier alpha value is -1.42. The van der Waals surface area contributed by atoms with Gasteiger partial charge in [0.2, 0.25) is 0 Å². The van der Waals surface area contributed by atoms with Crippen LogP contribution >= 0.6 is 12.2 Å². The second-order valence-electron chi connectivity index (χ2n) is 4.99. The van der Waals surface area contributed by atoms with Crippen LogP contribution in [0.25, 0.3) is 0 Å². The van der Waals surface area contributed by atoms with Crippen LogP contribution in [0.4, 0.5) is 5.69 Å². The van der Waals surface area contributed by atoms with Gasteiger partial charge in [-0.3, -0.25) is 4.79 Å². The van der Waals surface area contributed by atoms with Gasteiger partial charge < -0.3 is 9.64 Å². The van der Waals surface area contributed by atoms with E-state index >= 15 is 0 Å². The third-order valence-electron chi connectivity index (χ3n) is 3.58. The van der Waals surface area contributed by atoms with Gasteiger partial charge in [0.15, 0.2) is 0 Å². The molecule has 0 bridgehead atoms. The number of carbonyl (C=O) groups excluding carboxylic acids is 1. The fourth-order valence-corrected chi connectivity index (χ4v) is 2.88. The maximum Gasteiger partial charge on any atom is 0.316 e. The number of esters is 1. The zero-order valence-electron chi connectivity index (χ0n) is 12.1. The van der Waals surface area contributed by atoms with Crippen LogP contribution in [0.1, 0.15) is 32.3 Å². The summed E-state index contributed by atoms with van der Waals surface area (Å²) in [6.07, 6.45) is 2.24. The standard InChI is InChI=1S/C16H21NO2S/c1-3-5-10-17-11-13(16(18)19-4-2)15(20)12-8-6-7-9-14(12)17/h6-9,13H,3-5,10-11H2,1-2H3. The van der Waals surface area contributed by atoms with Crippen LogP contribution in [-0.4, -0.2) is 30.5 Å². The summed E-state index contributed by atoms with van der Waals surface area (Å²) in [5.41, 5.74) is 2.15. The molecule has 1 aliphatic heterocycles. The van der Waals surface area contributed by atoms with E-state index in [4.69, 9.17) is 17.0 Å². The fourth-order valence-electron chi connectivity index (χ4n) is 2.53. The number of para-hydroxylation sites is 1. The maximum atomic E-state index is 12.1. The van der Waals surface area contributed by atoms with Crippen LogP contribution in [0.2, 0.25) is 0 Å². The van der Waals surface area contributed by atoms with Crippen molar-refractivity contribution < 1.29 is 9.53 Å². The van der Waals surface area contributed by atoms with Crippen molar-refractivity contribution in [1.82, 2.24) is 0 Å². The number of nitrogens with zero attached hydrogens (tertiary/aromatic N) is 1. The van der Waals surface area contributed by atoms with Crippen molar-refractivity contribution in [1.29, 1.82) is 0 Å². The molecule has 0 amide bonds. The lowest BCUT2D eigenvalue weighted by Crippen LogP contribution is -2.43. The minimum absolute atomic E-state index is 0.200. The van der Waals surface area contributed by atoms with Gasteiger partial charge in [-0.2, -0.15) is 0 Å². The second-order valence-corrected chi connectivity index (χ2v) is 5.43. The van der Waals surface area contributed by atoms with Gasteiger partial charge >= 0.3 is 5.97 Å². The number of hydrogen-bond acceptors (Lipinski definition) is 4. The number of unbranched alkanes of at least 4 members (excludes halogenated alkanes) is 1. The maximum absolute atomic E-state index is 12.1. The van der Waals surface area contributed by atoms with E-state index in [0.29, 0.717) is 18.0 Å². The number of fused-ring (bicyclic) bond motifs is 1. The molecule has 0 aliphatic carbocycles. The van der Waals surface area contributed by atoms with Gasteiger partial charge in [0.05, 0.1) is 6.61 Å². The Morgan fingerprint density at radius 2 is 2.15 bits per heavy atom. The van der Waals surface area contributed by atoms with E-state index in [0.717, 1.165) is 30.6 Å². The summed E-state index contributed by atoms with van der Waals surface area (Å²) in [5.74, 6) is -0.523. The monoisotopic (exact) mass is 291 g/mol. The van der Waals surface area contributed by atoms with Crippen molar-refractivity contribution >= 4 is 28.7 Å². The summed E-state index contributed by atoms with van der Waals surface area (Å²) in [7, 11) is 0. The number of carbonyl (C=O) groups is 1. The molecular formula is C16H21NO2S. The quantitative estimate of drug-likeness (QED) is 0.615. The van der Waals surface area contributed by atoms with E-state index < -0.39 is 0 Å². The van der Waals surface area contributed by atoms with Crippen LogP contribution in [-0.2, 0) is 9.53 Å². The average molecular weight is 291 g/mol. The van der Waals surface area contributed by atoms with Crippen molar-refractivity contribution in [3.63, 3.8) is 0 Å². The molecule has 1 heterocycles. The molecule has 4 heteroatoms. The minimum Gasteiger partial charge on any atom is -0.465 e. The number of rotatable bonds is 5. The molecule has 108 valence electrons. The van der Waals surface area contributed by atoms with Crippen molar-refractivity contribution in [3.8, 4) is 0 Å². The molecule has 0 radical (unpaired) electrons. The van der Waals surface area contributed by atoms with Gasteiger partial charge in [0.25, 0.3) is 0 Å². The molecule has 1 aromatic carbocycles. The summed E-state index contributed by atoms with van der Waals surface area (Å²) >= 11 is 5.51. The molecule has 3 nitrogen and oxygen atoms in total. The number of hydrogen-bond donors (Lipinski definition) is 0. The zero-order valence-corrected chi connectivity index (χ0v) is 12.9. The third-order valence-corrected chi connectivity index (χ3v) is 4.09. The van der Waals surface area contributed by atoms with Crippen molar-refractivity contribution in [2.45, 2.75) is 26.7 Å².